The third-order valence-electron chi connectivity index (χ3n) is 2.28. The highest BCUT2D eigenvalue weighted by molar-refractivity contribution is 5.57. The molecular weight excluding hydrogens is 228 g/mol. The van der Waals surface area contributed by atoms with Gasteiger partial charge in [-0.05, 0) is 42.8 Å². The second kappa shape index (κ2) is 5.86. The van der Waals surface area contributed by atoms with Gasteiger partial charge in [-0.25, -0.2) is 0 Å². The summed E-state index contributed by atoms with van der Waals surface area (Å²) in [5.74, 6) is 1.93. The Balaban J connectivity index is 1.99. The van der Waals surface area contributed by atoms with Crippen LogP contribution in [0.4, 0.5) is 17.3 Å². The number of anilines is 3. The van der Waals surface area contributed by atoms with E-state index in [1.54, 1.807) is 12.1 Å². The summed E-state index contributed by atoms with van der Waals surface area (Å²) in [6, 6.07) is 11.2. The van der Waals surface area contributed by atoms with Gasteiger partial charge in [0.1, 0.15) is 11.6 Å². The minimum absolute atomic E-state index is 0.406. The van der Waals surface area contributed by atoms with E-state index in [1.165, 1.54) is 0 Å². The van der Waals surface area contributed by atoms with Crippen LogP contribution in [0.1, 0.15) is 13.3 Å². The number of ether oxygens (including phenoxy) is 1. The summed E-state index contributed by atoms with van der Waals surface area (Å²) >= 11 is 0. The van der Waals surface area contributed by atoms with E-state index in [0.717, 1.165) is 24.5 Å². The van der Waals surface area contributed by atoms with Gasteiger partial charge in [0, 0.05) is 5.69 Å². The average Bonchev–Trinajstić information content (AvgIpc) is 2.41. The van der Waals surface area contributed by atoms with Crippen molar-refractivity contribution in [2.24, 2.45) is 0 Å². The van der Waals surface area contributed by atoms with Crippen molar-refractivity contribution in [3.63, 3.8) is 0 Å². The maximum absolute atomic E-state index is 5.50. The van der Waals surface area contributed by atoms with Gasteiger partial charge in [-0.15, -0.1) is 10.2 Å². The standard InChI is InChI=1S/C13H16N4O/c1-2-9-18-11-5-3-10(4-6-11)15-13-8-7-12(14)16-17-13/h3-8H,2,9H2,1H3,(H2,14,16)(H,15,17). The van der Waals surface area contributed by atoms with E-state index >= 15 is 0 Å². The summed E-state index contributed by atoms with van der Waals surface area (Å²) < 4.78 is 5.50. The van der Waals surface area contributed by atoms with Crippen LogP contribution >= 0.6 is 0 Å². The first-order valence-corrected chi connectivity index (χ1v) is 5.87. The van der Waals surface area contributed by atoms with Gasteiger partial charge in [0.05, 0.1) is 6.61 Å². The number of nitrogen functional groups attached to an aromatic ring is 1. The van der Waals surface area contributed by atoms with Crippen molar-refractivity contribution in [2.45, 2.75) is 13.3 Å². The molecule has 0 aliphatic heterocycles. The molecule has 3 N–H and O–H groups in total. The zero-order valence-electron chi connectivity index (χ0n) is 10.3. The van der Waals surface area contributed by atoms with Crippen molar-refractivity contribution >= 4 is 17.3 Å². The summed E-state index contributed by atoms with van der Waals surface area (Å²) in [5.41, 5.74) is 6.40. The number of nitrogens with zero attached hydrogens (tertiary/aromatic N) is 2. The molecule has 0 aliphatic carbocycles. The normalized spacial score (nSPS) is 10.1. The predicted molar refractivity (Wildman–Crippen MR) is 72.0 cm³/mol. The molecule has 0 spiro atoms. The number of aromatic nitrogens is 2. The average molecular weight is 244 g/mol. The Morgan fingerprint density at radius 3 is 2.50 bits per heavy atom. The third kappa shape index (κ3) is 3.35. The van der Waals surface area contributed by atoms with E-state index < -0.39 is 0 Å². The van der Waals surface area contributed by atoms with E-state index in [9.17, 15) is 0 Å². The van der Waals surface area contributed by atoms with Gasteiger partial charge in [0.15, 0.2) is 5.82 Å². The molecule has 5 heteroatoms. The molecule has 1 heterocycles. The molecule has 0 unspecified atom stereocenters. The molecule has 1 aromatic heterocycles. The molecule has 0 fully saturated rings. The minimum atomic E-state index is 0.406. The van der Waals surface area contributed by atoms with Crippen molar-refractivity contribution < 1.29 is 4.74 Å². The van der Waals surface area contributed by atoms with Gasteiger partial charge in [-0.3, -0.25) is 0 Å². The number of nitrogens with one attached hydrogen (secondary N) is 1. The zero-order valence-corrected chi connectivity index (χ0v) is 10.3. The van der Waals surface area contributed by atoms with E-state index in [-0.39, 0.29) is 0 Å². The van der Waals surface area contributed by atoms with Crippen molar-refractivity contribution in [1.82, 2.24) is 10.2 Å². The molecule has 0 radical (unpaired) electrons. The van der Waals surface area contributed by atoms with Gasteiger partial charge >= 0.3 is 0 Å². The van der Waals surface area contributed by atoms with Crippen LogP contribution in [0.15, 0.2) is 36.4 Å². The van der Waals surface area contributed by atoms with Crippen LogP contribution in [0.5, 0.6) is 5.75 Å². The molecule has 94 valence electrons. The predicted octanol–water partition coefficient (Wildman–Crippen LogP) is 2.59. The lowest BCUT2D eigenvalue weighted by Crippen LogP contribution is -1.98. The van der Waals surface area contributed by atoms with Crippen molar-refractivity contribution in [2.75, 3.05) is 17.7 Å². The zero-order chi connectivity index (χ0) is 12.8. The van der Waals surface area contributed by atoms with Gasteiger partial charge in [-0.2, -0.15) is 0 Å². The van der Waals surface area contributed by atoms with E-state index in [1.807, 2.05) is 24.3 Å². The van der Waals surface area contributed by atoms with Gasteiger partial charge < -0.3 is 15.8 Å². The smallest absolute Gasteiger partial charge is 0.153 e. The number of benzene rings is 1. The molecular formula is C13H16N4O. The molecule has 0 saturated heterocycles. The molecule has 2 rings (SSSR count). The lowest BCUT2D eigenvalue weighted by Gasteiger charge is -2.07. The maximum Gasteiger partial charge on any atom is 0.153 e. The molecule has 0 bridgehead atoms. The lowest BCUT2D eigenvalue weighted by molar-refractivity contribution is 0.317. The number of hydrogen-bond donors (Lipinski definition) is 2. The minimum Gasteiger partial charge on any atom is -0.494 e. The third-order valence-corrected chi connectivity index (χ3v) is 2.28. The number of nitrogens with two attached hydrogens (primary N) is 1. The van der Waals surface area contributed by atoms with Crippen LogP contribution in [-0.2, 0) is 0 Å². The first-order valence-electron chi connectivity index (χ1n) is 5.87. The van der Waals surface area contributed by atoms with E-state index in [4.69, 9.17) is 10.5 Å². The Labute approximate surface area is 106 Å². The summed E-state index contributed by atoms with van der Waals surface area (Å²) in [6.07, 6.45) is 1.00. The maximum atomic E-state index is 5.50. The summed E-state index contributed by atoms with van der Waals surface area (Å²) in [5, 5.41) is 10.8. The summed E-state index contributed by atoms with van der Waals surface area (Å²) in [4.78, 5) is 0. The van der Waals surface area contributed by atoms with Crippen molar-refractivity contribution in [1.29, 1.82) is 0 Å². The van der Waals surface area contributed by atoms with Gasteiger partial charge in [0.25, 0.3) is 0 Å². The Morgan fingerprint density at radius 1 is 1.11 bits per heavy atom. The highest BCUT2D eigenvalue weighted by Gasteiger charge is 1.98. The highest BCUT2D eigenvalue weighted by atomic mass is 16.5. The molecule has 18 heavy (non-hydrogen) atoms. The molecule has 0 amide bonds. The Kier molecular flexibility index (Phi) is 3.96. The van der Waals surface area contributed by atoms with Crippen LogP contribution in [0.25, 0.3) is 0 Å². The fourth-order valence-corrected chi connectivity index (χ4v) is 1.41. The van der Waals surface area contributed by atoms with Crippen molar-refractivity contribution in [3.8, 4) is 5.75 Å². The summed E-state index contributed by atoms with van der Waals surface area (Å²) in [6.45, 7) is 2.81. The van der Waals surface area contributed by atoms with Crippen LogP contribution in [-0.4, -0.2) is 16.8 Å². The first kappa shape index (κ1) is 12.2. The van der Waals surface area contributed by atoms with Crippen molar-refractivity contribution in [3.05, 3.63) is 36.4 Å². The fraction of sp³-hybridized carbons (Fsp3) is 0.231. The topological polar surface area (TPSA) is 73.1 Å². The van der Waals surface area contributed by atoms with E-state index in [2.05, 4.69) is 22.4 Å². The first-order chi connectivity index (χ1) is 8.78. The quantitative estimate of drug-likeness (QED) is 0.845. The van der Waals surface area contributed by atoms with E-state index in [0.29, 0.717) is 11.6 Å². The second-order valence-electron chi connectivity index (χ2n) is 3.84. The Bertz CT molecular complexity index is 481. The van der Waals surface area contributed by atoms with Crippen LogP contribution in [0, 0.1) is 0 Å². The number of rotatable bonds is 5. The SMILES string of the molecule is CCCOc1ccc(Nc2ccc(N)nn2)cc1. The highest BCUT2D eigenvalue weighted by Crippen LogP contribution is 2.18. The number of hydrogen-bond acceptors (Lipinski definition) is 5. The van der Waals surface area contributed by atoms with Crippen LogP contribution in [0.3, 0.4) is 0 Å². The monoisotopic (exact) mass is 244 g/mol. The van der Waals surface area contributed by atoms with Crippen LogP contribution < -0.4 is 15.8 Å². The Morgan fingerprint density at radius 2 is 1.89 bits per heavy atom. The molecule has 2 aromatic rings. The summed E-state index contributed by atoms with van der Waals surface area (Å²) in [7, 11) is 0. The van der Waals surface area contributed by atoms with Crippen LogP contribution in [0.2, 0.25) is 0 Å². The Hall–Kier alpha value is -2.30. The second-order valence-corrected chi connectivity index (χ2v) is 3.84. The molecule has 0 saturated carbocycles. The largest absolute Gasteiger partial charge is 0.494 e. The molecule has 0 atom stereocenters. The molecule has 0 aliphatic rings. The molecule has 5 nitrogen and oxygen atoms in total. The van der Waals surface area contributed by atoms with Gasteiger partial charge in [-0.1, -0.05) is 6.92 Å². The lowest BCUT2D eigenvalue weighted by atomic mass is 10.3. The fourth-order valence-electron chi connectivity index (χ4n) is 1.41. The molecule has 1 aromatic carbocycles. The van der Waals surface area contributed by atoms with Gasteiger partial charge in [0.2, 0.25) is 0 Å².